The van der Waals surface area contributed by atoms with Crippen molar-refractivity contribution in [2.45, 2.75) is 32.7 Å². The zero-order valence-corrected chi connectivity index (χ0v) is 15.1. The number of nitrogens with zero attached hydrogens (tertiary/aromatic N) is 1. The van der Waals surface area contributed by atoms with Crippen LogP contribution in [0.25, 0.3) is 0 Å². The fourth-order valence-corrected chi connectivity index (χ4v) is 3.34. The Balaban J connectivity index is 1.52. The van der Waals surface area contributed by atoms with Crippen molar-refractivity contribution in [2.24, 2.45) is 10.9 Å². The molecule has 1 aromatic rings. The summed E-state index contributed by atoms with van der Waals surface area (Å²) in [6.07, 6.45) is 3.22. The van der Waals surface area contributed by atoms with E-state index in [4.69, 9.17) is 9.47 Å². The van der Waals surface area contributed by atoms with Crippen LogP contribution < -0.4 is 10.6 Å². The topological polar surface area (TPSA) is 54.9 Å². The molecule has 2 N–H and O–H groups in total. The lowest BCUT2D eigenvalue weighted by atomic mass is 10.1. The minimum atomic E-state index is 0.594. The van der Waals surface area contributed by atoms with Crippen molar-refractivity contribution in [2.75, 3.05) is 40.0 Å². The summed E-state index contributed by atoms with van der Waals surface area (Å²) < 4.78 is 11.0. The molecule has 0 spiro atoms. The van der Waals surface area contributed by atoms with Gasteiger partial charge in [0, 0.05) is 42.5 Å². The monoisotopic (exact) mass is 339 g/mol. The molecule has 1 aromatic heterocycles. The Hall–Kier alpha value is -1.11. The fourth-order valence-electron chi connectivity index (χ4n) is 2.44. The van der Waals surface area contributed by atoms with Gasteiger partial charge in [-0.2, -0.15) is 0 Å². The Kier molecular flexibility index (Phi) is 8.42. The SMILES string of the molecule is CCc1ccc(CNC(=NC)NCCCOCC2CCOC2)s1. The van der Waals surface area contributed by atoms with E-state index in [0.717, 1.165) is 64.7 Å². The summed E-state index contributed by atoms with van der Waals surface area (Å²) >= 11 is 1.86. The maximum atomic E-state index is 5.70. The Morgan fingerprint density at radius 1 is 1.39 bits per heavy atom. The average Bonchev–Trinajstić information content (AvgIpc) is 3.25. The molecule has 1 aliphatic rings. The van der Waals surface area contributed by atoms with Crippen LogP contribution in [0, 0.1) is 5.92 Å². The molecule has 0 saturated carbocycles. The van der Waals surface area contributed by atoms with Crippen LogP contribution in [0.15, 0.2) is 17.1 Å². The molecule has 2 rings (SSSR count). The van der Waals surface area contributed by atoms with Crippen LogP contribution in [0.2, 0.25) is 0 Å². The first-order chi connectivity index (χ1) is 11.3. The van der Waals surface area contributed by atoms with E-state index in [1.54, 1.807) is 7.05 Å². The number of thiophene rings is 1. The number of nitrogens with one attached hydrogen (secondary N) is 2. The minimum Gasteiger partial charge on any atom is -0.381 e. The van der Waals surface area contributed by atoms with Crippen LogP contribution in [-0.4, -0.2) is 46.0 Å². The Labute approximate surface area is 143 Å². The van der Waals surface area contributed by atoms with Gasteiger partial charge in [0.1, 0.15) is 0 Å². The molecule has 1 unspecified atom stereocenters. The summed E-state index contributed by atoms with van der Waals surface area (Å²) in [7, 11) is 1.80. The van der Waals surface area contributed by atoms with Gasteiger partial charge in [-0.25, -0.2) is 0 Å². The highest BCUT2D eigenvalue weighted by atomic mass is 32.1. The number of aryl methyl sites for hydroxylation is 1. The predicted molar refractivity (Wildman–Crippen MR) is 96.3 cm³/mol. The maximum absolute atomic E-state index is 5.70. The number of ether oxygens (including phenoxy) is 2. The van der Waals surface area contributed by atoms with Crippen LogP contribution in [0.1, 0.15) is 29.5 Å². The molecule has 0 radical (unpaired) electrons. The quantitative estimate of drug-likeness (QED) is 0.412. The van der Waals surface area contributed by atoms with Gasteiger partial charge in [0.15, 0.2) is 5.96 Å². The molecule has 1 atom stereocenters. The molecule has 0 amide bonds. The summed E-state index contributed by atoms with van der Waals surface area (Å²) in [5.74, 6) is 1.44. The highest BCUT2D eigenvalue weighted by molar-refractivity contribution is 7.11. The van der Waals surface area contributed by atoms with E-state index >= 15 is 0 Å². The number of aliphatic imine (C=N–C) groups is 1. The van der Waals surface area contributed by atoms with Gasteiger partial charge < -0.3 is 20.1 Å². The molecule has 130 valence electrons. The Morgan fingerprint density at radius 3 is 2.96 bits per heavy atom. The van der Waals surface area contributed by atoms with Gasteiger partial charge in [0.05, 0.1) is 19.8 Å². The molecule has 0 bridgehead atoms. The van der Waals surface area contributed by atoms with Gasteiger partial charge in [-0.15, -0.1) is 11.3 Å². The third-order valence-electron chi connectivity index (χ3n) is 3.85. The van der Waals surface area contributed by atoms with Gasteiger partial charge in [0.2, 0.25) is 0 Å². The largest absolute Gasteiger partial charge is 0.381 e. The molecule has 1 fully saturated rings. The van der Waals surface area contributed by atoms with Gasteiger partial charge >= 0.3 is 0 Å². The van der Waals surface area contributed by atoms with E-state index in [9.17, 15) is 0 Å². The fraction of sp³-hybridized carbons (Fsp3) is 0.706. The molecule has 1 aliphatic heterocycles. The van der Waals surface area contributed by atoms with E-state index in [-0.39, 0.29) is 0 Å². The first-order valence-electron chi connectivity index (χ1n) is 8.49. The molecular weight excluding hydrogens is 310 g/mol. The summed E-state index contributed by atoms with van der Waals surface area (Å²) in [5.41, 5.74) is 0. The van der Waals surface area contributed by atoms with Crippen LogP contribution >= 0.6 is 11.3 Å². The lowest BCUT2D eigenvalue weighted by Crippen LogP contribution is -2.37. The lowest BCUT2D eigenvalue weighted by molar-refractivity contribution is 0.0888. The summed E-state index contributed by atoms with van der Waals surface area (Å²) in [6, 6.07) is 4.38. The molecule has 6 heteroatoms. The molecule has 2 heterocycles. The Bertz CT molecular complexity index is 470. The molecule has 1 saturated heterocycles. The van der Waals surface area contributed by atoms with Crippen molar-refractivity contribution in [3.05, 3.63) is 21.9 Å². The number of hydrogen-bond acceptors (Lipinski definition) is 4. The third kappa shape index (κ3) is 6.89. The number of rotatable bonds is 9. The zero-order valence-electron chi connectivity index (χ0n) is 14.3. The predicted octanol–water partition coefficient (Wildman–Crippen LogP) is 2.42. The van der Waals surface area contributed by atoms with E-state index < -0.39 is 0 Å². The first kappa shape index (κ1) is 18.2. The van der Waals surface area contributed by atoms with Gasteiger partial charge in [-0.1, -0.05) is 6.92 Å². The molecule has 0 aliphatic carbocycles. The maximum Gasteiger partial charge on any atom is 0.191 e. The molecular formula is C17H29N3O2S. The number of hydrogen-bond donors (Lipinski definition) is 2. The van der Waals surface area contributed by atoms with Gasteiger partial charge in [-0.3, -0.25) is 4.99 Å². The van der Waals surface area contributed by atoms with Crippen LogP contribution in [0.3, 0.4) is 0 Å². The van der Waals surface area contributed by atoms with Crippen molar-refractivity contribution in [3.63, 3.8) is 0 Å². The van der Waals surface area contributed by atoms with E-state index in [2.05, 4.69) is 34.7 Å². The lowest BCUT2D eigenvalue weighted by Gasteiger charge is -2.12. The highest BCUT2D eigenvalue weighted by Crippen LogP contribution is 2.16. The minimum absolute atomic E-state index is 0.594. The van der Waals surface area contributed by atoms with E-state index in [1.807, 2.05) is 11.3 Å². The normalized spacial score (nSPS) is 18.3. The van der Waals surface area contributed by atoms with Gasteiger partial charge in [0.25, 0.3) is 0 Å². The second kappa shape index (κ2) is 10.6. The number of guanidine groups is 1. The zero-order chi connectivity index (χ0) is 16.3. The standard InChI is InChI=1S/C17H29N3O2S/c1-3-15-5-6-16(23-15)11-20-17(18-2)19-8-4-9-21-12-14-7-10-22-13-14/h5-6,14H,3-4,7-13H2,1-2H3,(H2,18,19,20). The summed E-state index contributed by atoms with van der Waals surface area (Å²) in [6.45, 7) is 7.23. The third-order valence-corrected chi connectivity index (χ3v) is 5.08. The van der Waals surface area contributed by atoms with Crippen molar-refractivity contribution in [3.8, 4) is 0 Å². The average molecular weight is 340 g/mol. The summed E-state index contributed by atoms with van der Waals surface area (Å²) in [5, 5.41) is 6.68. The van der Waals surface area contributed by atoms with Gasteiger partial charge in [-0.05, 0) is 31.4 Å². The molecule has 0 aromatic carbocycles. The second-order valence-corrected chi connectivity index (χ2v) is 6.99. The molecule has 5 nitrogen and oxygen atoms in total. The van der Waals surface area contributed by atoms with E-state index in [1.165, 1.54) is 9.75 Å². The smallest absolute Gasteiger partial charge is 0.191 e. The van der Waals surface area contributed by atoms with Crippen LogP contribution in [0.4, 0.5) is 0 Å². The first-order valence-corrected chi connectivity index (χ1v) is 9.31. The second-order valence-electron chi connectivity index (χ2n) is 5.73. The van der Waals surface area contributed by atoms with Crippen molar-refractivity contribution < 1.29 is 9.47 Å². The van der Waals surface area contributed by atoms with Crippen LogP contribution in [-0.2, 0) is 22.4 Å². The van der Waals surface area contributed by atoms with E-state index in [0.29, 0.717) is 5.92 Å². The van der Waals surface area contributed by atoms with Crippen molar-refractivity contribution >= 4 is 17.3 Å². The Morgan fingerprint density at radius 2 is 2.26 bits per heavy atom. The molecule has 23 heavy (non-hydrogen) atoms. The van der Waals surface area contributed by atoms with Crippen molar-refractivity contribution in [1.82, 2.24) is 10.6 Å². The highest BCUT2D eigenvalue weighted by Gasteiger charge is 2.15. The van der Waals surface area contributed by atoms with Crippen molar-refractivity contribution in [1.29, 1.82) is 0 Å². The summed E-state index contributed by atoms with van der Waals surface area (Å²) in [4.78, 5) is 7.02. The van der Waals surface area contributed by atoms with Crippen LogP contribution in [0.5, 0.6) is 0 Å².